The summed E-state index contributed by atoms with van der Waals surface area (Å²) in [7, 11) is 0. The SMILES string of the molecule is CC1(C)OC2C(CO)OC(=O)C2(C)O1. The van der Waals surface area contributed by atoms with E-state index in [9.17, 15) is 4.79 Å². The molecule has 3 atom stereocenters. The number of hydrogen-bond acceptors (Lipinski definition) is 5. The Morgan fingerprint density at radius 2 is 2.07 bits per heavy atom. The molecule has 2 saturated heterocycles. The number of carbonyl (C=O) groups is 1. The van der Waals surface area contributed by atoms with Crippen molar-refractivity contribution in [2.75, 3.05) is 6.61 Å². The third-order valence-electron chi connectivity index (χ3n) is 2.59. The van der Waals surface area contributed by atoms with Gasteiger partial charge in [0.15, 0.2) is 17.5 Å². The minimum absolute atomic E-state index is 0.245. The van der Waals surface area contributed by atoms with Crippen LogP contribution in [-0.4, -0.2) is 41.3 Å². The quantitative estimate of drug-likeness (QED) is 0.597. The van der Waals surface area contributed by atoms with Crippen LogP contribution in [-0.2, 0) is 19.0 Å². The van der Waals surface area contributed by atoms with E-state index in [1.54, 1.807) is 20.8 Å². The Balaban J connectivity index is 2.30. The fraction of sp³-hybridized carbons (Fsp3) is 0.889. The van der Waals surface area contributed by atoms with E-state index in [1.165, 1.54) is 0 Å². The summed E-state index contributed by atoms with van der Waals surface area (Å²) in [5.74, 6) is -1.26. The number of aliphatic hydroxyl groups is 1. The monoisotopic (exact) mass is 202 g/mol. The van der Waals surface area contributed by atoms with Gasteiger partial charge in [0.05, 0.1) is 6.61 Å². The summed E-state index contributed by atoms with van der Waals surface area (Å²) < 4.78 is 16.0. The topological polar surface area (TPSA) is 65.0 Å². The van der Waals surface area contributed by atoms with Crippen LogP contribution in [0.3, 0.4) is 0 Å². The van der Waals surface area contributed by atoms with Gasteiger partial charge in [0.25, 0.3) is 0 Å². The molecule has 5 heteroatoms. The van der Waals surface area contributed by atoms with Crippen molar-refractivity contribution in [2.24, 2.45) is 0 Å². The normalized spacial score (nSPS) is 45.0. The summed E-state index contributed by atoms with van der Waals surface area (Å²) in [5.41, 5.74) is -1.07. The number of hydrogen-bond donors (Lipinski definition) is 1. The maximum absolute atomic E-state index is 11.5. The number of esters is 1. The minimum Gasteiger partial charge on any atom is -0.455 e. The number of ether oxygens (including phenoxy) is 3. The zero-order valence-electron chi connectivity index (χ0n) is 8.44. The molecule has 2 aliphatic heterocycles. The van der Waals surface area contributed by atoms with Crippen LogP contribution in [0, 0.1) is 0 Å². The van der Waals surface area contributed by atoms with Crippen molar-refractivity contribution in [3.8, 4) is 0 Å². The Bertz CT molecular complexity index is 274. The molecule has 14 heavy (non-hydrogen) atoms. The highest BCUT2D eigenvalue weighted by atomic mass is 16.8. The maximum Gasteiger partial charge on any atom is 0.341 e. The van der Waals surface area contributed by atoms with Crippen molar-refractivity contribution in [2.45, 2.75) is 44.4 Å². The first kappa shape index (κ1) is 9.89. The van der Waals surface area contributed by atoms with Crippen LogP contribution in [0.1, 0.15) is 20.8 Å². The first-order chi connectivity index (χ1) is 6.39. The van der Waals surface area contributed by atoms with E-state index in [-0.39, 0.29) is 6.61 Å². The Labute approximate surface area is 81.9 Å². The minimum atomic E-state index is -1.07. The first-order valence-electron chi connectivity index (χ1n) is 4.59. The molecule has 0 bridgehead atoms. The summed E-state index contributed by atoms with van der Waals surface area (Å²) in [6.07, 6.45) is -1.13. The molecule has 3 unspecified atom stereocenters. The van der Waals surface area contributed by atoms with Crippen molar-refractivity contribution < 1.29 is 24.1 Å². The average molecular weight is 202 g/mol. The summed E-state index contributed by atoms with van der Waals surface area (Å²) in [6.45, 7) is 4.85. The van der Waals surface area contributed by atoms with E-state index in [0.717, 1.165) is 0 Å². The smallest absolute Gasteiger partial charge is 0.341 e. The van der Waals surface area contributed by atoms with Crippen LogP contribution in [0.15, 0.2) is 0 Å². The lowest BCUT2D eigenvalue weighted by Gasteiger charge is -2.21. The molecule has 2 rings (SSSR count). The fourth-order valence-electron chi connectivity index (χ4n) is 2.05. The van der Waals surface area contributed by atoms with Gasteiger partial charge in [0.2, 0.25) is 0 Å². The van der Waals surface area contributed by atoms with E-state index < -0.39 is 29.6 Å². The van der Waals surface area contributed by atoms with Gasteiger partial charge in [0, 0.05) is 0 Å². The molecule has 0 aromatic heterocycles. The van der Waals surface area contributed by atoms with Crippen molar-refractivity contribution in [3.05, 3.63) is 0 Å². The van der Waals surface area contributed by atoms with Crippen LogP contribution in [0.5, 0.6) is 0 Å². The van der Waals surface area contributed by atoms with Gasteiger partial charge in [-0.15, -0.1) is 0 Å². The zero-order chi connectivity index (χ0) is 10.6. The van der Waals surface area contributed by atoms with Gasteiger partial charge in [-0.05, 0) is 20.8 Å². The highest BCUT2D eigenvalue weighted by Gasteiger charge is 2.64. The molecule has 80 valence electrons. The van der Waals surface area contributed by atoms with E-state index >= 15 is 0 Å². The van der Waals surface area contributed by atoms with Crippen molar-refractivity contribution in [3.63, 3.8) is 0 Å². The Morgan fingerprint density at radius 3 is 2.64 bits per heavy atom. The molecule has 0 aromatic carbocycles. The molecule has 2 aliphatic rings. The second-order valence-electron chi connectivity index (χ2n) is 4.27. The van der Waals surface area contributed by atoms with Gasteiger partial charge in [0.1, 0.15) is 6.10 Å². The van der Waals surface area contributed by atoms with Crippen LogP contribution < -0.4 is 0 Å². The highest BCUT2D eigenvalue weighted by Crippen LogP contribution is 2.43. The second kappa shape index (κ2) is 2.68. The molecule has 0 amide bonds. The Kier molecular flexibility index (Phi) is 1.90. The van der Waals surface area contributed by atoms with Gasteiger partial charge in [-0.3, -0.25) is 0 Å². The third-order valence-corrected chi connectivity index (χ3v) is 2.59. The van der Waals surface area contributed by atoms with Gasteiger partial charge < -0.3 is 19.3 Å². The molecule has 0 spiro atoms. The molecule has 5 nitrogen and oxygen atoms in total. The number of cyclic esters (lactones) is 1. The lowest BCUT2D eigenvalue weighted by molar-refractivity contribution is -0.198. The van der Waals surface area contributed by atoms with Crippen molar-refractivity contribution >= 4 is 5.97 Å². The number of carbonyl (C=O) groups excluding carboxylic acids is 1. The average Bonchev–Trinajstić information content (AvgIpc) is 2.42. The molecule has 0 radical (unpaired) electrons. The summed E-state index contributed by atoms with van der Waals surface area (Å²) >= 11 is 0. The van der Waals surface area contributed by atoms with Crippen LogP contribution >= 0.6 is 0 Å². The van der Waals surface area contributed by atoms with Crippen LogP contribution in [0.2, 0.25) is 0 Å². The molecular formula is C9H14O5. The molecule has 0 aliphatic carbocycles. The molecule has 0 saturated carbocycles. The van der Waals surface area contributed by atoms with Gasteiger partial charge in [-0.2, -0.15) is 0 Å². The summed E-state index contributed by atoms with van der Waals surface area (Å²) in [6, 6.07) is 0. The number of fused-ring (bicyclic) bond motifs is 1. The number of aliphatic hydroxyl groups excluding tert-OH is 1. The van der Waals surface area contributed by atoms with E-state index in [4.69, 9.17) is 19.3 Å². The molecular weight excluding hydrogens is 188 g/mol. The third kappa shape index (κ3) is 1.16. The predicted molar refractivity (Wildman–Crippen MR) is 45.4 cm³/mol. The van der Waals surface area contributed by atoms with Gasteiger partial charge >= 0.3 is 5.97 Å². The standard InChI is InChI=1S/C9H14O5/c1-8(2)13-6-5(4-10)12-7(11)9(6,3)14-8/h5-6,10H,4H2,1-3H3. The molecule has 2 heterocycles. The second-order valence-corrected chi connectivity index (χ2v) is 4.27. The lowest BCUT2D eigenvalue weighted by Crippen LogP contribution is -2.41. The Hall–Kier alpha value is -0.650. The highest BCUT2D eigenvalue weighted by molar-refractivity contribution is 5.83. The van der Waals surface area contributed by atoms with Crippen molar-refractivity contribution in [1.82, 2.24) is 0 Å². The first-order valence-corrected chi connectivity index (χ1v) is 4.59. The van der Waals surface area contributed by atoms with E-state index in [1.807, 2.05) is 0 Å². The predicted octanol–water partition coefficient (Wildman–Crippen LogP) is -0.186. The van der Waals surface area contributed by atoms with Crippen molar-refractivity contribution in [1.29, 1.82) is 0 Å². The van der Waals surface area contributed by atoms with Gasteiger partial charge in [-0.1, -0.05) is 0 Å². The van der Waals surface area contributed by atoms with Crippen LogP contribution in [0.4, 0.5) is 0 Å². The molecule has 0 aromatic rings. The summed E-state index contributed by atoms with van der Waals surface area (Å²) in [5, 5.41) is 9.00. The zero-order valence-corrected chi connectivity index (χ0v) is 8.44. The lowest BCUT2D eigenvalue weighted by atomic mass is 9.99. The van der Waals surface area contributed by atoms with E-state index in [2.05, 4.69) is 0 Å². The molecule has 2 fully saturated rings. The largest absolute Gasteiger partial charge is 0.455 e. The Morgan fingerprint density at radius 1 is 1.43 bits per heavy atom. The van der Waals surface area contributed by atoms with Gasteiger partial charge in [-0.25, -0.2) is 4.79 Å². The summed E-state index contributed by atoms with van der Waals surface area (Å²) in [4.78, 5) is 11.5. The fourth-order valence-corrected chi connectivity index (χ4v) is 2.05. The molecule has 1 N–H and O–H groups in total. The number of rotatable bonds is 1. The van der Waals surface area contributed by atoms with E-state index in [0.29, 0.717) is 0 Å². The maximum atomic E-state index is 11.5. The van der Waals surface area contributed by atoms with Crippen LogP contribution in [0.25, 0.3) is 0 Å².